The lowest BCUT2D eigenvalue weighted by atomic mass is 10.1. The van der Waals surface area contributed by atoms with E-state index in [2.05, 4.69) is 56.9 Å². The number of aliphatic imine (C=N–C) groups is 1. The number of aliphatic hydroxyl groups is 1. The molecule has 85 heavy (non-hydrogen) atoms. The van der Waals surface area contributed by atoms with E-state index in [0.29, 0.717) is 63.9 Å². The van der Waals surface area contributed by atoms with Gasteiger partial charge in [-0.2, -0.15) is 13.2 Å². The highest BCUT2D eigenvalue weighted by atomic mass is 19.4. The molecule has 1 aromatic rings. The number of alkyl halides is 3. The lowest BCUT2D eigenvalue weighted by molar-refractivity contribution is -0.205. The molecule has 0 spiro atoms. The van der Waals surface area contributed by atoms with Crippen LogP contribution in [0.1, 0.15) is 95.6 Å². The van der Waals surface area contributed by atoms with Crippen LogP contribution >= 0.6 is 0 Å². The third-order valence-corrected chi connectivity index (χ3v) is 12.7. The number of H-pyrrole nitrogens is 1. The molecule has 0 bridgehead atoms. The van der Waals surface area contributed by atoms with Crippen molar-refractivity contribution in [1.82, 2.24) is 57.4 Å². The molecule has 25 N–H and O–H groups in total. The van der Waals surface area contributed by atoms with Gasteiger partial charge in [0.25, 0.3) is 17.7 Å². The monoisotopic (exact) mass is 1210 g/mol. The van der Waals surface area contributed by atoms with Crippen LogP contribution in [-0.2, 0) is 59.1 Å². The minimum Gasteiger partial charge on any atom is -0.452 e. The third kappa shape index (κ3) is 27.7. The molecule has 35 heteroatoms. The molecule has 0 aliphatic carbocycles. The van der Waals surface area contributed by atoms with Gasteiger partial charge in [0.15, 0.2) is 5.96 Å². The first-order chi connectivity index (χ1) is 40.4. The number of amides is 9. The smallest absolute Gasteiger partial charge is 0.452 e. The predicted molar refractivity (Wildman–Crippen MR) is 301 cm³/mol. The lowest BCUT2D eigenvalue weighted by Gasteiger charge is -2.28. The van der Waals surface area contributed by atoms with E-state index in [1.165, 1.54) is 18.6 Å². The maximum absolute atomic E-state index is 14.5. The molecule has 0 saturated carbocycles. The second-order valence-electron chi connectivity index (χ2n) is 19.6. The predicted octanol–water partition coefficient (Wildman–Crippen LogP) is -6.17. The maximum Gasteiger partial charge on any atom is 0.490 e. The number of aliphatic hydroxyl groups excluding tert-OH is 1. The Labute approximate surface area is 488 Å². The molecule has 1 aliphatic rings. The van der Waals surface area contributed by atoms with Gasteiger partial charge < -0.3 is 102 Å². The quantitative estimate of drug-likeness (QED) is 0.00956. The summed E-state index contributed by atoms with van der Waals surface area (Å²) in [6.07, 6.45) is -2.72. The van der Waals surface area contributed by atoms with Crippen molar-refractivity contribution >= 4 is 70.8 Å². The molecule has 9 amide bonds. The van der Waals surface area contributed by atoms with E-state index < -0.39 is 139 Å². The minimum absolute atomic E-state index is 0.0113. The van der Waals surface area contributed by atoms with Gasteiger partial charge in [-0.3, -0.25) is 48.6 Å². The zero-order valence-electron chi connectivity index (χ0n) is 47.4. The van der Waals surface area contributed by atoms with Gasteiger partial charge in [-0.1, -0.05) is 6.08 Å². The van der Waals surface area contributed by atoms with Crippen LogP contribution in [0, 0.1) is 5.41 Å². The second kappa shape index (κ2) is 39.8. The second-order valence-corrected chi connectivity index (χ2v) is 19.6. The van der Waals surface area contributed by atoms with Crippen molar-refractivity contribution in [2.45, 2.75) is 145 Å². The average Bonchev–Trinajstić information content (AvgIpc) is 3.78. The number of unbranched alkanes of at least 4 members (excludes halogenated alkanes) is 3. The van der Waals surface area contributed by atoms with Crippen LogP contribution in [0.25, 0.3) is 0 Å². The Morgan fingerprint density at radius 3 is 2.02 bits per heavy atom. The number of ether oxygens (including phenoxy) is 1. The first-order valence-electron chi connectivity index (χ1n) is 27.8. The van der Waals surface area contributed by atoms with Crippen molar-refractivity contribution in [2.24, 2.45) is 45.1 Å². The Morgan fingerprint density at radius 1 is 0.788 bits per heavy atom. The maximum atomic E-state index is 14.5. The van der Waals surface area contributed by atoms with Gasteiger partial charge in [-0.25, -0.2) is 14.8 Å². The highest BCUT2D eigenvalue weighted by Crippen LogP contribution is 2.21. The number of nitrogens with one attached hydrogen (secondary N) is 10. The van der Waals surface area contributed by atoms with Gasteiger partial charge in [0.1, 0.15) is 47.7 Å². The van der Waals surface area contributed by atoms with Gasteiger partial charge in [-0.15, -0.1) is 0 Å². The fourth-order valence-corrected chi connectivity index (χ4v) is 8.28. The van der Waals surface area contributed by atoms with Crippen molar-refractivity contribution in [3.05, 3.63) is 30.0 Å². The van der Waals surface area contributed by atoms with E-state index in [1.807, 2.05) is 5.32 Å². The zero-order valence-corrected chi connectivity index (χ0v) is 47.4. The number of aromatic amines is 1. The van der Waals surface area contributed by atoms with E-state index >= 15 is 0 Å². The fraction of sp³-hybridized carbons (Fsp3) is 0.660. The first-order valence-corrected chi connectivity index (χ1v) is 27.8. The normalized spacial score (nSPS) is 15.6. The number of aromatic nitrogens is 2. The van der Waals surface area contributed by atoms with Gasteiger partial charge in [-0.05, 0) is 110 Å². The van der Waals surface area contributed by atoms with Crippen molar-refractivity contribution in [3.8, 4) is 0 Å². The number of rotatable bonds is 40. The molecule has 1 aliphatic heterocycles. The van der Waals surface area contributed by atoms with E-state index in [4.69, 9.17) is 45.5 Å². The molecule has 0 unspecified atom stereocenters. The summed E-state index contributed by atoms with van der Waals surface area (Å²) < 4.78 is 43.8. The highest BCUT2D eigenvalue weighted by molar-refractivity contribution is 6.40. The SMILES string of the molecule is N=C(N)NCC/C=C(\NC(=O)[C@H](CCCCN)NC(=O)[C@H](Cc1cnc[nH]1)NC(=O)[C@@H]1CCCN1C(=O)/C(CCCN)=N/C(=O)CNC(=O)[C@@H](NC(=O)C[C@@H](O)CN)[C@H](CN)OC(=O)C(F)(F)F)C(=O)N[C@@H](CCCCN)C(=O)NCCCCN. The largest absolute Gasteiger partial charge is 0.490 e. The molecule has 2 heterocycles. The summed E-state index contributed by atoms with van der Waals surface area (Å²) in [5.74, 6) is -11.7. The van der Waals surface area contributed by atoms with Gasteiger partial charge in [0.05, 0.1) is 25.4 Å². The number of nitrogens with zero attached hydrogens (tertiary/aromatic N) is 3. The van der Waals surface area contributed by atoms with Gasteiger partial charge in [0.2, 0.25) is 35.4 Å². The van der Waals surface area contributed by atoms with Crippen LogP contribution in [0.3, 0.4) is 0 Å². The van der Waals surface area contributed by atoms with Gasteiger partial charge in [0, 0.05) is 51.0 Å². The zero-order chi connectivity index (χ0) is 63.5. The number of hydrogen-bond acceptors (Lipinski definition) is 20. The summed E-state index contributed by atoms with van der Waals surface area (Å²) in [5.41, 5.74) is 38.7. The van der Waals surface area contributed by atoms with Crippen LogP contribution in [0.2, 0.25) is 0 Å². The summed E-state index contributed by atoms with van der Waals surface area (Å²) in [6, 6.07) is -7.31. The number of hydrogen-bond donors (Lipinski definition) is 18. The number of halogens is 3. The molecule has 1 saturated heterocycles. The van der Waals surface area contributed by atoms with Crippen molar-refractivity contribution in [1.29, 1.82) is 5.41 Å². The van der Waals surface area contributed by atoms with Crippen LogP contribution in [0.4, 0.5) is 13.2 Å². The molecule has 2 rings (SSSR count). The van der Waals surface area contributed by atoms with Crippen LogP contribution in [0.5, 0.6) is 0 Å². The van der Waals surface area contributed by atoms with E-state index in [-0.39, 0.29) is 89.2 Å². The van der Waals surface area contributed by atoms with Crippen molar-refractivity contribution < 1.29 is 71.0 Å². The number of carbonyl (C=O) groups is 10. The molecule has 1 aromatic heterocycles. The summed E-state index contributed by atoms with van der Waals surface area (Å²) >= 11 is 0. The summed E-state index contributed by atoms with van der Waals surface area (Å²) in [5, 5.41) is 37.4. The van der Waals surface area contributed by atoms with Crippen molar-refractivity contribution in [3.63, 3.8) is 0 Å². The number of nitrogens with two attached hydrogens (primary N) is 7. The Kier molecular flexibility index (Phi) is 34.3. The topological polar surface area (TPSA) is 547 Å². The Morgan fingerprint density at radius 2 is 1.44 bits per heavy atom. The highest BCUT2D eigenvalue weighted by Gasteiger charge is 2.45. The molecule has 7 atom stereocenters. The standard InChI is InChI=1S/C50H85F3N20O12/c51-50(52,53)48(84)85-37(25-59)40(72-38(75)23-30(74)24-58)46(82)65-27-39(76)67-34(12-7-18-57)47(83)73-21-9-14-36(73)45(81)71-35(22-29-26-62-28-66-29)44(80)70-32(11-2-4-16-55)42(78)69-33(13-8-20-64-49(60)61)43(79)68-31(10-1-3-15-54)41(77)63-19-6-5-17-56/h13,26,28,30-32,35-37,40,74H,1-12,14-25,27,54-59H2,(H,62,66)(H,63,77)(H,65,82)(H,68,79)(H,69,78)(H,70,80)(H,71,81)(H,72,75)(H4,60,61,64)/b33-13-,67-34+/t30-,31+,32+,35+,36+,37+,40+/m1/s1. The van der Waals surface area contributed by atoms with Gasteiger partial charge >= 0.3 is 12.1 Å². The minimum atomic E-state index is -5.54. The molecule has 0 radical (unpaired) electrons. The lowest BCUT2D eigenvalue weighted by Crippen LogP contribution is -2.58. The molecule has 1 fully saturated rings. The third-order valence-electron chi connectivity index (χ3n) is 12.7. The number of carbonyl (C=O) groups excluding carboxylic acids is 10. The Balaban J connectivity index is 2.46. The van der Waals surface area contributed by atoms with Crippen LogP contribution in [-0.4, -0.2) is 205 Å². The van der Waals surface area contributed by atoms with Crippen LogP contribution in [0.15, 0.2) is 29.3 Å². The van der Waals surface area contributed by atoms with E-state index in [9.17, 15) is 66.2 Å². The average molecular weight is 1220 g/mol. The van der Waals surface area contributed by atoms with E-state index in [0.717, 1.165) is 4.90 Å². The molecule has 32 nitrogen and oxygen atoms in total. The number of imidazole rings is 1. The van der Waals surface area contributed by atoms with Crippen LogP contribution < -0.4 is 82.7 Å². The molecular weight excluding hydrogens is 1130 g/mol. The fourth-order valence-electron chi connectivity index (χ4n) is 8.28. The Hall–Kier alpha value is -7.70. The number of guanidine groups is 1. The molecule has 0 aromatic carbocycles. The molecule has 478 valence electrons. The summed E-state index contributed by atoms with van der Waals surface area (Å²) in [4.78, 5) is 147. The summed E-state index contributed by atoms with van der Waals surface area (Å²) in [6.45, 7) is -1.16. The number of esters is 1. The molecular formula is C50H85F3N20O12. The first kappa shape index (κ1) is 73.4. The Bertz CT molecular complexity index is 2420. The summed E-state index contributed by atoms with van der Waals surface area (Å²) in [7, 11) is 0. The van der Waals surface area contributed by atoms with Crippen molar-refractivity contribution in [2.75, 3.05) is 65.4 Å². The van der Waals surface area contributed by atoms with E-state index in [1.54, 1.807) is 0 Å². The number of likely N-dealkylation sites (tertiary alicyclic amines) is 1.